The molecule has 2 heterocycles. The van der Waals surface area contributed by atoms with Crippen molar-refractivity contribution in [3.8, 4) is 0 Å². The summed E-state index contributed by atoms with van der Waals surface area (Å²) in [5, 5.41) is 3.16. The van der Waals surface area contributed by atoms with E-state index in [0.29, 0.717) is 21.3 Å². The highest BCUT2D eigenvalue weighted by Crippen LogP contribution is 2.26. The molecule has 0 radical (unpaired) electrons. The van der Waals surface area contributed by atoms with Crippen molar-refractivity contribution < 1.29 is 4.79 Å². The average molecular weight is 257 g/mol. The maximum atomic E-state index is 12.1. The summed E-state index contributed by atoms with van der Waals surface area (Å²) in [4.78, 5) is 18.0. The summed E-state index contributed by atoms with van der Waals surface area (Å²) >= 11 is 3.24. The summed E-state index contributed by atoms with van der Waals surface area (Å²) in [5.74, 6) is 0.00644. The van der Waals surface area contributed by atoms with Crippen molar-refractivity contribution in [2.24, 2.45) is 0 Å². The summed E-state index contributed by atoms with van der Waals surface area (Å²) in [6.07, 6.45) is 0. The van der Waals surface area contributed by atoms with E-state index in [9.17, 15) is 4.79 Å². The zero-order valence-corrected chi connectivity index (χ0v) is 11.0. The third-order valence-electron chi connectivity index (χ3n) is 2.45. The van der Waals surface area contributed by atoms with Gasteiger partial charge in [-0.2, -0.15) is 11.8 Å². The number of carbonyl (C=O) groups is 1. The lowest BCUT2D eigenvalue weighted by Gasteiger charge is -2.34. The van der Waals surface area contributed by atoms with Gasteiger partial charge in [0.25, 0.3) is 5.91 Å². The van der Waals surface area contributed by atoms with Crippen LogP contribution in [0.1, 0.15) is 24.3 Å². The molecule has 0 spiro atoms. The largest absolute Gasteiger partial charge is 0.375 e. The molecule has 6 heteroatoms. The summed E-state index contributed by atoms with van der Waals surface area (Å²) in [5.41, 5.74) is 6.01. The Morgan fingerprint density at radius 1 is 1.50 bits per heavy atom. The van der Waals surface area contributed by atoms with Gasteiger partial charge in [-0.1, -0.05) is 13.8 Å². The molecule has 1 aromatic heterocycles. The highest BCUT2D eigenvalue weighted by atomic mass is 32.2. The van der Waals surface area contributed by atoms with E-state index in [2.05, 4.69) is 18.8 Å². The summed E-state index contributed by atoms with van der Waals surface area (Å²) in [6, 6.07) is 0. The predicted octanol–water partition coefficient (Wildman–Crippen LogP) is 1.69. The first-order valence-corrected chi connectivity index (χ1v) is 7.04. The topological polar surface area (TPSA) is 59.2 Å². The maximum absolute atomic E-state index is 12.1. The number of nitrogens with zero attached hydrogens (tertiary/aromatic N) is 2. The molecule has 1 amide bonds. The third kappa shape index (κ3) is 2.49. The zero-order chi connectivity index (χ0) is 11.7. The maximum Gasteiger partial charge on any atom is 0.273 e. The fourth-order valence-electron chi connectivity index (χ4n) is 1.89. The van der Waals surface area contributed by atoms with Crippen LogP contribution in [0.3, 0.4) is 0 Å². The predicted molar refractivity (Wildman–Crippen MR) is 68.9 cm³/mol. The fraction of sp³-hybridized carbons (Fsp3) is 0.600. The number of thiazole rings is 1. The minimum atomic E-state index is 0.00644. The number of nitrogens with two attached hydrogens (primary N) is 1. The van der Waals surface area contributed by atoms with Crippen LogP contribution < -0.4 is 5.73 Å². The van der Waals surface area contributed by atoms with Crippen LogP contribution in [-0.4, -0.2) is 39.4 Å². The number of carbonyl (C=O) groups excluding carboxylic acids is 1. The molecule has 2 atom stereocenters. The van der Waals surface area contributed by atoms with Gasteiger partial charge < -0.3 is 10.6 Å². The SMILES string of the molecule is CC1CN(C(=O)c2csc(N)n2)CC(C)S1. The molecule has 0 aliphatic carbocycles. The van der Waals surface area contributed by atoms with Gasteiger partial charge in [0.15, 0.2) is 5.13 Å². The lowest BCUT2D eigenvalue weighted by molar-refractivity contribution is 0.0748. The van der Waals surface area contributed by atoms with Crippen LogP contribution in [0.25, 0.3) is 0 Å². The lowest BCUT2D eigenvalue weighted by Crippen LogP contribution is -2.44. The highest BCUT2D eigenvalue weighted by molar-refractivity contribution is 8.00. The Hall–Kier alpha value is -0.750. The van der Waals surface area contributed by atoms with E-state index in [1.807, 2.05) is 16.7 Å². The molecule has 4 nitrogen and oxygen atoms in total. The number of amides is 1. The summed E-state index contributed by atoms with van der Waals surface area (Å²) < 4.78 is 0. The van der Waals surface area contributed by atoms with Crippen LogP contribution in [0.4, 0.5) is 5.13 Å². The normalized spacial score (nSPS) is 25.8. The fourth-order valence-corrected chi connectivity index (χ4v) is 3.75. The van der Waals surface area contributed by atoms with Crippen molar-refractivity contribution in [1.82, 2.24) is 9.88 Å². The van der Waals surface area contributed by atoms with Gasteiger partial charge in [0.05, 0.1) is 0 Å². The van der Waals surface area contributed by atoms with Crippen molar-refractivity contribution in [3.05, 3.63) is 11.1 Å². The van der Waals surface area contributed by atoms with Crippen molar-refractivity contribution in [2.45, 2.75) is 24.3 Å². The number of nitrogen functional groups attached to an aromatic ring is 1. The first-order chi connectivity index (χ1) is 7.56. The molecular weight excluding hydrogens is 242 g/mol. The molecule has 1 aliphatic rings. The second-order valence-electron chi connectivity index (χ2n) is 4.04. The Labute approximate surface area is 103 Å². The van der Waals surface area contributed by atoms with Gasteiger partial charge in [-0.05, 0) is 0 Å². The molecule has 1 saturated heterocycles. The number of thioether (sulfide) groups is 1. The van der Waals surface area contributed by atoms with Crippen molar-refractivity contribution >= 4 is 34.1 Å². The average Bonchev–Trinajstić information content (AvgIpc) is 2.62. The van der Waals surface area contributed by atoms with E-state index in [-0.39, 0.29) is 5.91 Å². The molecule has 0 bridgehead atoms. The number of aromatic nitrogens is 1. The van der Waals surface area contributed by atoms with E-state index >= 15 is 0 Å². The van der Waals surface area contributed by atoms with Crippen LogP contribution in [0, 0.1) is 0 Å². The standard InChI is InChI=1S/C10H15N3OS2/c1-6-3-13(4-7(2)16-6)9(14)8-5-15-10(11)12-8/h5-7H,3-4H2,1-2H3,(H2,11,12). The number of hydrogen-bond acceptors (Lipinski definition) is 5. The first kappa shape index (κ1) is 11.7. The van der Waals surface area contributed by atoms with Crippen molar-refractivity contribution in [2.75, 3.05) is 18.8 Å². The molecule has 2 unspecified atom stereocenters. The summed E-state index contributed by atoms with van der Waals surface area (Å²) in [7, 11) is 0. The number of hydrogen-bond donors (Lipinski definition) is 1. The Kier molecular flexibility index (Phi) is 3.39. The van der Waals surface area contributed by atoms with Crippen LogP contribution in [0.2, 0.25) is 0 Å². The van der Waals surface area contributed by atoms with Gasteiger partial charge in [0.2, 0.25) is 0 Å². The summed E-state index contributed by atoms with van der Waals surface area (Å²) in [6.45, 7) is 5.89. The van der Waals surface area contributed by atoms with Gasteiger partial charge in [-0.3, -0.25) is 4.79 Å². The molecule has 0 saturated carbocycles. The van der Waals surface area contributed by atoms with Crippen LogP contribution in [0.5, 0.6) is 0 Å². The van der Waals surface area contributed by atoms with Gasteiger partial charge in [-0.25, -0.2) is 4.98 Å². The Bertz CT molecular complexity index is 383. The van der Waals surface area contributed by atoms with Gasteiger partial charge in [-0.15, -0.1) is 11.3 Å². The molecule has 16 heavy (non-hydrogen) atoms. The molecule has 2 N–H and O–H groups in total. The second kappa shape index (κ2) is 4.63. The van der Waals surface area contributed by atoms with Gasteiger partial charge in [0, 0.05) is 29.0 Å². The highest BCUT2D eigenvalue weighted by Gasteiger charge is 2.27. The molecule has 1 aliphatic heterocycles. The van der Waals surface area contributed by atoms with Crippen LogP contribution in [-0.2, 0) is 0 Å². The molecule has 88 valence electrons. The third-order valence-corrected chi connectivity index (χ3v) is 4.35. The minimum absolute atomic E-state index is 0.00644. The van der Waals surface area contributed by atoms with E-state index in [1.165, 1.54) is 11.3 Å². The Morgan fingerprint density at radius 2 is 2.12 bits per heavy atom. The van der Waals surface area contributed by atoms with Crippen LogP contribution >= 0.6 is 23.1 Å². The second-order valence-corrected chi connectivity index (χ2v) is 6.81. The lowest BCUT2D eigenvalue weighted by atomic mass is 10.3. The monoisotopic (exact) mass is 257 g/mol. The number of rotatable bonds is 1. The number of anilines is 1. The Morgan fingerprint density at radius 3 is 2.62 bits per heavy atom. The molecule has 0 aromatic carbocycles. The van der Waals surface area contributed by atoms with Crippen molar-refractivity contribution in [3.63, 3.8) is 0 Å². The first-order valence-electron chi connectivity index (χ1n) is 5.22. The molecule has 1 fully saturated rings. The van der Waals surface area contributed by atoms with E-state index in [1.54, 1.807) is 5.38 Å². The van der Waals surface area contributed by atoms with Gasteiger partial charge >= 0.3 is 0 Å². The minimum Gasteiger partial charge on any atom is -0.375 e. The quantitative estimate of drug-likeness (QED) is 0.832. The smallest absolute Gasteiger partial charge is 0.273 e. The zero-order valence-electron chi connectivity index (χ0n) is 9.34. The van der Waals surface area contributed by atoms with Gasteiger partial charge in [0.1, 0.15) is 5.69 Å². The van der Waals surface area contributed by atoms with E-state index in [4.69, 9.17) is 5.73 Å². The Balaban J connectivity index is 2.09. The van der Waals surface area contributed by atoms with Crippen LogP contribution in [0.15, 0.2) is 5.38 Å². The van der Waals surface area contributed by atoms with E-state index in [0.717, 1.165) is 13.1 Å². The van der Waals surface area contributed by atoms with Crippen molar-refractivity contribution in [1.29, 1.82) is 0 Å². The molecule has 1 aromatic rings. The van der Waals surface area contributed by atoms with E-state index < -0.39 is 0 Å². The molecule has 2 rings (SSSR count). The molecular formula is C10H15N3OS2.